The van der Waals surface area contributed by atoms with Crippen LogP contribution >= 0.6 is 0 Å². The first-order chi connectivity index (χ1) is 5.79. The molecule has 0 aliphatic heterocycles. The van der Waals surface area contributed by atoms with E-state index in [-0.39, 0.29) is 51.4 Å². The molecule has 0 bridgehead atoms. The van der Waals surface area contributed by atoms with E-state index >= 15 is 0 Å². The van der Waals surface area contributed by atoms with Gasteiger partial charge in [0.1, 0.15) is 5.25 Å². The first kappa shape index (κ1) is 17.2. The fourth-order valence-electron chi connectivity index (χ4n) is 0.659. The van der Waals surface area contributed by atoms with Crippen molar-refractivity contribution >= 4 is 67.4 Å². The molecule has 0 aromatic rings. The third-order valence-electron chi connectivity index (χ3n) is 1.73. The van der Waals surface area contributed by atoms with Crippen LogP contribution in [0.5, 0.6) is 0 Å². The zero-order valence-corrected chi connectivity index (χ0v) is 8.34. The van der Waals surface area contributed by atoms with Crippen molar-refractivity contribution in [3.63, 3.8) is 0 Å². The van der Waals surface area contributed by atoms with Crippen LogP contribution in [0.4, 0.5) is 0 Å². The van der Waals surface area contributed by atoms with Crippen LogP contribution in [-0.2, 0) is 14.9 Å². The van der Waals surface area contributed by atoms with Crippen molar-refractivity contribution in [2.24, 2.45) is 0 Å². The van der Waals surface area contributed by atoms with E-state index in [4.69, 9.17) is 4.55 Å². The van der Waals surface area contributed by atoms with Gasteiger partial charge in [0, 0.05) is 6.04 Å². The van der Waals surface area contributed by atoms with Crippen LogP contribution in [0.3, 0.4) is 0 Å². The van der Waals surface area contributed by atoms with Crippen molar-refractivity contribution in [2.75, 3.05) is 0 Å². The van der Waals surface area contributed by atoms with Gasteiger partial charge in [0.25, 0.3) is 10.1 Å². The number of hydrogen-bond acceptors (Lipinski definition) is 3. The summed E-state index contributed by atoms with van der Waals surface area (Å²) in [7, 11) is -4.10. The summed E-state index contributed by atoms with van der Waals surface area (Å²) in [4.78, 5) is 10.7. The predicted octanol–water partition coefficient (Wildman–Crippen LogP) is -0.695. The summed E-state index contributed by atoms with van der Waals surface area (Å²) >= 11 is 0. The van der Waals surface area contributed by atoms with Gasteiger partial charge in [0.05, 0.1) is 0 Å². The van der Waals surface area contributed by atoms with Gasteiger partial charge in [0.2, 0.25) is 5.91 Å². The van der Waals surface area contributed by atoms with E-state index in [1.165, 1.54) is 13.8 Å². The van der Waals surface area contributed by atoms with Crippen molar-refractivity contribution in [1.29, 1.82) is 0 Å². The second-order valence-electron chi connectivity index (χ2n) is 2.72. The number of hydrogen-bond donors (Lipinski definition) is 2. The minimum absolute atomic E-state index is 0. The van der Waals surface area contributed by atoms with Crippen LogP contribution in [0.25, 0.3) is 0 Å². The predicted molar refractivity (Wildman–Crippen MR) is 56.0 cm³/mol. The number of carbonyl (C=O) groups excluding carboxylic acids is 1. The molecule has 0 saturated carbocycles. The molecule has 2 N–H and O–H groups in total. The quantitative estimate of drug-likeness (QED) is 0.391. The Bertz CT molecular complexity index is 301. The summed E-state index contributed by atoms with van der Waals surface area (Å²) in [6.07, 6.45) is 1.03. The minimum atomic E-state index is -4.10. The molecular formula is C7H14KNO4S. The molecule has 14 heavy (non-hydrogen) atoms. The summed E-state index contributed by atoms with van der Waals surface area (Å²) in [5.41, 5.74) is 0. The first-order valence-corrected chi connectivity index (χ1v) is 5.18. The summed E-state index contributed by atoms with van der Waals surface area (Å²) in [6.45, 7) is 6.01. The van der Waals surface area contributed by atoms with Gasteiger partial charge in [-0.3, -0.25) is 9.35 Å². The molecule has 0 spiro atoms. The summed E-state index contributed by atoms with van der Waals surface area (Å²) in [5, 5.41) is 1.31. The Labute approximate surface area is 127 Å². The third-order valence-corrected chi connectivity index (χ3v) is 3.08. The van der Waals surface area contributed by atoms with Crippen molar-refractivity contribution in [2.45, 2.75) is 25.1 Å². The second-order valence-corrected chi connectivity index (χ2v) is 4.49. The molecule has 1 amide bonds. The number of carbonyl (C=O) groups is 1. The molecule has 78 valence electrons. The van der Waals surface area contributed by atoms with E-state index in [1.54, 1.807) is 0 Å². The van der Waals surface area contributed by atoms with Crippen LogP contribution in [0, 0.1) is 0 Å². The molecule has 0 fully saturated rings. The number of amides is 1. The Hall–Kier alpha value is 0.756. The summed E-state index contributed by atoms with van der Waals surface area (Å²) < 4.78 is 29.9. The van der Waals surface area contributed by atoms with Gasteiger partial charge in [-0.2, -0.15) is 8.42 Å². The molecule has 0 rings (SSSR count). The molecule has 0 heterocycles. The van der Waals surface area contributed by atoms with Gasteiger partial charge >= 0.3 is 51.4 Å². The van der Waals surface area contributed by atoms with E-state index in [0.29, 0.717) is 0 Å². The topological polar surface area (TPSA) is 83.5 Å². The SMILES string of the molecule is C=CC(=O)NC(C)C(C)S(=O)(=O)O.[KH]. The van der Waals surface area contributed by atoms with Gasteiger partial charge in [-0.1, -0.05) is 6.58 Å². The van der Waals surface area contributed by atoms with Crippen LogP contribution in [0.1, 0.15) is 13.8 Å². The van der Waals surface area contributed by atoms with Crippen molar-refractivity contribution in [3.8, 4) is 0 Å². The monoisotopic (exact) mass is 247 g/mol. The fourth-order valence-corrected chi connectivity index (χ4v) is 1.24. The molecule has 2 unspecified atom stereocenters. The average molecular weight is 247 g/mol. The Morgan fingerprint density at radius 1 is 1.50 bits per heavy atom. The average Bonchev–Trinajstić information content (AvgIpc) is 2.01. The van der Waals surface area contributed by atoms with Gasteiger partial charge in [-0.15, -0.1) is 0 Å². The standard InChI is InChI=1S/C7H13NO4S.K.H/c1-4-7(9)8-5(2)6(3)13(10,11)12;;/h4-6H,1H2,2-3H3,(H,8,9)(H,10,11,12);;. The Kier molecular flexibility index (Phi) is 8.70. The zero-order valence-electron chi connectivity index (χ0n) is 7.52. The summed E-state index contributed by atoms with van der Waals surface area (Å²) in [6, 6.07) is -0.652. The van der Waals surface area contributed by atoms with Crippen molar-refractivity contribution in [3.05, 3.63) is 12.7 Å². The van der Waals surface area contributed by atoms with Crippen molar-refractivity contribution in [1.82, 2.24) is 5.32 Å². The molecule has 0 aromatic carbocycles. The Balaban J connectivity index is 0. The van der Waals surface area contributed by atoms with Crippen molar-refractivity contribution < 1.29 is 17.8 Å². The molecule has 0 aliphatic rings. The zero-order chi connectivity index (χ0) is 10.6. The number of rotatable bonds is 4. The molecule has 0 radical (unpaired) electrons. The molecule has 7 heteroatoms. The van der Waals surface area contributed by atoms with E-state index in [0.717, 1.165) is 6.08 Å². The molecule has 0 aromatic heterocycles. The third kappa shape index (κ3) is 6.28. The summed E-state index contributed by atoms with van der Waals surface area (Å²) in [5.74, 6) is -0.469. The molecule has 0 saturated heterocycles. The molecule has 0 aliphatic carbocycles. The maximum atomic E-state index is 10.7. The molecular weight excluding hydrogens is 233 g/mol. The normalized spacial score (nSPS) is 14.8. The van der Waals surface area contributed by atoms with E-state index in [2.05, 4.69) is 11.9 Å². The second kappa shape index (κ2) is 7.10. The van der Waals surface area contributed by atoms with Gasteiger partial charge in [0.15, 0.2) is 0 Å². The Morgan fingerprint density at radius 3 is 2.21 bits per heavy atom. The van der Waals surface area contributed by atoms with Gasteiger partial charge < -0.3 is 5.32 Å². The van der Waals surface area contributed by atoms with Gasteiger partial charge in [-0.25, -0.2) is 0 Å². The number of nitrogens with one attached hydrogen (secondary N) is 1. The van der Waals surface area contributed by atoms with E-state index in [1.807, 2.05) is 0 Å². The van der Waals surface area contributed by atoms with Crippen LogP contribution in [0.15, 0.2) is 12.7 Å². The van der Waals surface area contributed by atoms with E-state index in [9.17, 15) is 13.2 Å². The van der Waals surface area contributed by atoms with Crippen LogP contribution in [0.2, 0.25) is 0 Å². The van der Waals surface area contributed by atoms with Gasteiger partial charge in [-0.05, 0) is 19.9 Å². The molecule has 2 atom stereocenters. The first-order valence-electron chi connectivity index (χ1n) is 3.68. The maximum absolute atomic E-state index is 10.7. The van der Waals surface area contributed by atoms with Crippen LogP contribution in [-0.4, -0.2) is 81.6 Å². The van der Waals surface area contributed by atoms with E-state index < -0.39 is 27.3 Å². The van der Waals surface area contributed by atoms with Crippen LogP contribution < -0.4 is 5.32 Å². The fraction of sp³-hybridized carbons (Fsp3) is 0.571. The molecule has 5 nitrogen and oxygen atoms in total. The Morgan fingerprint density at radius 2 is 1.93 bits per heavy atom.